The number of nitrogens with one attached hydrogen (secondary N) is 3. The Morgan fingerprint density at radius 3 is 2.61 bits per heavy atom. The van der Waals surface area contributed by atoms with Gasteiger partial charge in [0, 0.05) is 51.7 Å². The number of rotatable bonds is 14. The third kappa shape index (κ3) is 6.83. The first-order chi connectivity index (χ1) is 16.0. The number of nitrogens with zero attached hydrogens (tertiary/aromatic N) is 8. The van der Waals surface area contributed by atoms with Crippen molar-refractivity contribution < 1.29 is 9.47 Å². The molecule has 0 radical (unpaired) electrons. The third-order valence-corrected chi connectivity index (χ3v) is 4.89. The molecule has 3 N–H and O–H groups in total. The normalized spacial score (nSPS) is 11.1. The van der Waals surface area contributed by atoms with Crippen molar-refractivity contribution in [1.29, 1.82) is 0 Å². The summed E-state index contributed by atoms with van der Waals surface area (Å²) < 4.78 is 12.4. The summed E-state index contributed by atoms with van der Waals surface area (Å²) >= 11 is 0. The van der Waals surface area contributed by atoms with Gasteiger partial charge in [0.1, 0.15) is 12.4 Å². The topological polar surface area (TPSA) is 144 Å². The quantitative estimate of drug-likeness (QED) is 0.301. The summed E-state index contributed by atoms with van der Waals surface area (Å²) in [5.74, 6) is 2.69. The highest BCUT2D eigenvalue weighted by Gasteiger charge is 2.14. The first-order valence-corrected chi connectivity index (χ1v) is 11.0. The molecule has 33 heavy (non-hydrogen) atoms. The fourth-order valence-electron chi connectivity index (χ4n) is 3.08. The second-order valence-corrected chi connectivity index (χ2v) is 7.32. The van der Waals surface area contributed by atoms with Gasteiger partial charge in [0.25, 0.3) is 0 Å². The molecule has 3 heterocycles. The average Bonchev–Trinajstić information content (AvgIpc) is 3.42. The minimum atomic E-state index is 0.370. The first kappa shape index (κ1) is 24.3. The van der Waals surface area contributed by atoms with Crippen LogP contribution in [0.15, 0.2) is 6.20 Å². The van der Waals surface area contributed by atoms with Crippen LogP contribution in [0.2, 0.25) is 0 Å². The summed E-state index contributed by atoms with van der Waals surface area (Å²) in [4.78, 5) is 20.0. The van der Waals surface area contributed by atoms with E-state index < -0.39 is 0 Å². The van der Waals surface area contributed by atoms with Crippen molar-refractivity contribution in [2.45, 2.75) is 47.0 Å². The van der Waals surface area contributed by atoms with E-state index in [0.29, 0.717) is 68.9 Å². The fourth-order valence-corrected chi connectivity index (χ4v) is 3.08. The van der Waals surface area contributed by atoms with Crippen LogP contribution in [-0.4, -0.2) is 73.8 Å². The molecule has 0 aliphatic rings. The maximum atomic E-state index is 5.34. The Balaban J connectivity index is 1.73. The third-order valence-electron chi connectivity index (χ3n) is 4.89. The molecule has 0 atom stereocenters. The Hall–Kier alpha value is -3.32. The highest BCUT2D eigenvalue weighted by atomic mass is 16.5. The summed E-state index contributed by atoms with van der Waals surface area (Å²) in [5.41, 5.74) is 2.25. The minimum Gasteiger partial charge on any atom is -0.383 e. The van der Waals surface area contributed by atoms with Crippen molar-refractivity contribution in [3.05, 3.63) is 29.1 Å². The zero-order valence-corrected chi connectivity index (χ0v) is 19.9. The summed E-state index contributed by atoms with van der Waals surface area (Å²) in [7, 11) is 3.59. The van der Waals surface area contributed by atoms with Gasteiger partial charge in [0.05, 0.1) is 19.3 Å². The number of aryl methyl sites for hydroxylation is 1. The average molecular weight is 460 g/mol. The Morgan fingerprint density at radius 2 is 1.91 bits per heavy atom. The van der Waals surface area contributed by atoms with Crippen molar-refractivity contribution in [1.82, 2.24) is 39.9 Å². The predicted octanol–water partition coefficient (Wildman–Crippen LogP) is 1.36. The number of methoxy groups -OCH3 is 1. The molecule has 0 spiro atoms. The Kier molecular flexibility index (Phi) is 8.89. The maximum Gasteiger partial charge on any atom is 0.232 e. The lowest BCUT2D eigenvalue weighted by atomic mass is 10.2. The van der Waals surface area contributed by atoms with Crippen LogP contribution < -0.4 is 15.5 Å². The largest absolute Gasteiger partial charge is 0.383 e. The van der Waals surface area contributed by atoms with Gasteiger partial charge in [-0.3, -0.25) is 9.78 Å². The van der Waals surface area contributed by atoms with Gasteiger partial charge in [-0.2, -0.15) is 25.1 Å². The molecule has 13 nitrogen and oxygen atoms in total. The second-order valence-electron chi connectivity index (χ2n) is 7.32. The molecule has 0 fully saturated rings. The van der Waals surface area contributed by atoms with Gasteiger partial charge in [-0.15, -0.1) is 0 Å². The summed E-state index contributed by atoms with van der Waals surface area (Å²) in [6.07, 6.45) is 1.89. The Morgan fingerprint density at radius 1 is 1.12 bits per heavy atom. The molecule has 0 aliphatic heterocycles. The van der Waals surface area contributed by atoms with Gasteiger partial charge in [-0.25, -0.2) is 4.98 Å². The van der Waals surface area contributed by atoms with Crippen LogP contribution >= 0.6 is 0 Å². The number of aromatic amines is 1. The van der Waals surface area contributed by atoms with Crippen molar-refractivity contribution >= 4 is 17.8 Å². The van der Waals surface area contributed by atoms with E-state index in [0.717, 1.165) is 17.8 Å². The van der Waals surface area contributed by atoms with Crippen molar-refractivity contribution in [2.75, 3.05) is 49.4 Å². The van der Waals surface area contributed by atoms with Crippen LogP contribution in [0.4, 0.5) is 17.8 Å². The number of anilines is 3. The molecule has 3 aromatic rings. The fraction of sp³-hybridized carbons (Fsp3) is 0.600. The van der Waals surface area contributed by atoms with E-state index >= 15 is 0 Å². The van der Waals surface area contributed by atoms with Crippen LogP contribution in [0.3, 0.4) is 0 Å². The molecule has 0 aliphatic carbocycles. The standard InChI is InChI=1S/C20H33N11O2/c1-6-31-14(3)15(10-23-31)12-30(4)20-26-18(21-8-9-32-5)25-19(27-20)22-11-16-24-17(29-28-16)13-33-7-2/h10H,6-9,11-13H2,1-5H3,(H,24,28,29)(H2,21,22,25,26,27). The number of hydrogen-bond acceptors (Lipinski definition) is 11. The van der Waals surface area contributed by atoms with Crippen molar-refractivity contribution in [3.8, 4) is 0 Å². The summed E-state index contributed by atoms with van der Waals surface area (Å²) in [6, 6.07) is 0. The minimum absolute atomic E-state index is 0.370. The molecule has 0 saturated carbocycles. The van der Waals surface area contributed by atoms with E-state index in [2.05, 4.69) is 59.7 Å². The van der Waals surface area contributed by atoms with E-state index in [-0.39, 0.29) is 0 Å². The second kappa shape index (κ2) is 12.1. The molecule has 0 aromatic carbocycles. The molecule has 0 unspecified atom stereocenters. The van der Waals surface area contributed by atoms with Crippen LogP contribution in [-0.2, 0) is 35.7 Å². The van der Waals surface area contributed by atoms with Crippen molar-refractivity contribution in [2.24, 2.45) is 0 Å². The van der Waals surface area contributed by atoms with Gasteiger partial charge in [0.2, 0.25) is 17.8 Å². The summed E-state index contributed by atoms with van der Waals surface area (Å²) in [5, 5.41) is 17.8. The lowest BCUT2D eigenvalue weighted by Gasteiger charge is -2.18. The lowest BCUT2D eigenvalue weighted by Crippen LogP contribution is -2.22. The van der Waals surface area contributed by atoms with E-state index in [1.165, 1.54) is 0 Å². The van der Waals surface area contributed by atoms with Gasteiger partial charge >= 0.3 is 0 Å². The zero-order chi connectivity index (χ0) is 23.6. The van der Waals surface area contributed by atoms with Crippen LogP contribution in [0.1, 0.15) is 36.8 Å². The number of H-pyrrole nitrogens is 1. The zero-order valence-electron chi connectivity index (χ0n) is 19.9. The molecular weight excluding hydrogens is 426 g/mol. The lowest BCUT2D eigenvalue weighted by molar-refractivity contribution is 0.128. The van der Waals surface area contributed by atoms with Gasteiger partial charge < -0.3 is 25.0 Å². The molecule has 3 aromatic heterocycles. The molecule has 13 heteroatoms. The molecule has 0 bridgehead atoms. The molecule has 3 rings (SSSR count). The van der Waals surface area contributed by atoms with Crippen molar-refractivity contribution in [3.63, 3.8) is 0 Å². The van der Waals surface area contributed by atoms with Crippen LogP contribution in [0.5, 0.6) is 0 Å². The van der Waals surface area contributed by atoms with E-state index in [1.807, 2.05) is 29.7 Å². The first-order valence-electron chi connectivity index (χ1n) is 11.0. The predicted molar refractivity (Wildman–Crippen MR) is 124 cm³/mol. The molecular formula is C20H33N11O2. The smallest absolute Gasteiger partial charge is 0.232 e. The van der Waals surface area contributed by atoms with E-state index in [9.17, 15) is 0 Å². The molecule has 0 saturated heterocycles. The Labute approximate surface area is 193 Å². The van der Waals surface area contributed by atoms with Gasteiger partial charge in [0.15, 0.2) is 5.82 Å². The maximum absolute atomic E-state index is 5.34. The summed E-state index contributed by atoms with van der Waals surface area (Å²) in [6.45, 7) is 10.00. The van der Waals surface area contributed by atoms with Crippen LogP contribution in [0.25, 0.3) is 0 Å². The van der Waals surface area contributed by atoms with Gasteiger partial charge in [-0.1, -0.05) is 0 Å². The highest BCUT2D eigenvalue weighted by Crippen LogP contribution is 2.17. The number of hydrogen-bond donors (Lipinski definition) is 3. The van der Waals surface area contributed by atoms with E-state index in [4.69, 9.17) is 9.47 Å². The SMILES string of the molecule is CCOCc1n[nH]c(CNc2nc(NCCOC)nc(N(C)Cc3cnn(CC)c3C)n2)n1. The Bertz CT molecular complexity index is 1000. The number of ether oxygens (including phenoxy) is 2. The number of aromatic nitrogens is 8. The van der Waals surface area contributed by atoms with E-state index in [1.54, 1.807) is 7.11 Å². The monoisotopic (exact) mass is 459 g/mol. The highest BCUT2D eigenvalue weighted by molar-refractivity contribution is 5.44. The molecule has 0 amide bonds. The van der Waals surface area contributed by atoms with Gasteiger partial charge in [-0.05, 0) is 20.8 Å². The molecule has 180 valence electrons. The van der Waals surface area contributed by atoms with Crippen LogP contribution in [0, 0.1) is 6.92 Å².